The molecule has 0 amide bonds. The number of aryl methyl sites for hydroxylation is 1. The maximum Gasteiger partial charge on any atom is 0.573 e. The molecule has 14 heteroatoms. The predicted octanol–water partition coefficient (Wildman–Crippen LogP) is 2.06. The van der Waals surface area contributed by atoms with Crippen molar-refractivity contribution < 1.29 is 55.5 Å². The number of hydrogen-bond donors (Lipinski definition) is 1. The van der Waals surface area contributed by atoms with Gasteiger partial charge < -0.3 is 24.3 Å². The number of ether oxygens (including phenoxy) is 3. The van der Waals surface area contributed by atoms with Crippen LogP contribution in [-0.4, -0.2) is 31.4 Å². The van der Waals surface area contributed by atoms with E-state index in [1.54, 1.807) is 0 Å². The lowest BCUT2D eigenvalue weighted by molar-refractivity contribution is -0.498. The predicted molar refractivity (Wildman–Crippen MR) is 75.1 cm³/mol. The van der Waals surface area contributed by atoms with Crippen molar-refractivity contribution in [2.45, 2.75) is 25.6 Å². The van der Waals surface area contributed by atoms with Crippen molar-refractivity contribution in [2.24, 2.45) is 5.28 Å². The van der Waals surface area contributed by atoms with Gasteiger partial charge in [-0.15, -0.1) is 13.2 Å². The third kappa shape index (κ3) is 5.17. The Hall–Kier alpha value is -3.19. The molecule has 0 fully saturated rings. The molecule has 0 spiro atoms. The van der Waals surface area contributed by atoms with E-state index < -0.39 is 42.7 Å². The molecule has 1 aliphatic heterocycles. The van der Waals surface area contributed by atoms with Crippen LogP contribution in [0.15, 0.2) is 23.0 Å². The molecule has 0 bridgehead atoms. The molecule has 0 aromatic heterocycles. The summed E-state index contributed by atoms with van der Waals surface area (Å²) in [4.78, 5) is 16.0. The molecule has 28 heavy (non-hydrogen) atoms. The standard InChI is InChI=1S/C14H10F6N2O6/c1-6-2-8(28-14(18,19)20)3-7-4-9(12(23)25-5-26-22-21-24)11(13(15,16)17)27-10(6)7/h2-4,11,21H,5H2,1H3/t11-/m0/s1. The van der Waals surface area contributed by atoms with E-state index in [-0.39, 0.29) is 16.9 Å². The van der Waals surface area contributed by atoms with Gasteiger partial charge in [0, 0.05) is 5.56 Å². The highest BCUT2D eigenvalue weighted by Crippen LogP contribution is 2.41. The Balaban J connectivity index is 2.41. The second-order valence-corrected chi connectivity index (χ2v) is 5.21. The van der Waals surface area contributed by atoms with Gasteiger partial charge in [0.1, 0.15) is 11.5 Å². The van der Waals surface area contributed by atoms with Crippen LogP contribution >= 0.6 is 0 Å². The highest BCUT2D eigenvalue weighted by Gasteiger charge is 2.49. The Kier molecular flexibility index (Phi) is 5.89. The van der Waals surface area contributed by atoms with Crippen LogP contribution in [0.3, 0.4) is 0 Å². The molecule has 0 saturated heterocycles. The fourth-order valence-electron chi connectivity index (χ4n) is 2.28. The minimum absolute atomic E-state index is 0.0849. The maximum absolute atomic E-state index is 13.3. The van der Waals surface area contributed by atoms with Crippen molar-refractivity contribution in [1.29, 1.82) is 0 Å². The van der Waals surface area contributed by atoms with E-state index in [0.717, 1.165) is 17.4 Å². The molecule has 1 heterocycles. The smallest absolute Gasteiger partial charge is 0.573 e. The molecular weight excluding hydrogens is 406 g/mol. The van der Waals surface area contributed by atoms with Crippen molar-refractivity contribution in [3.05, 3.63) is 34.0 Å². The van der Waals surface area contributed by atoms with Gasteiger partial charge in [-0.3, -0.25) is 0 Å². The monoisotopic (exact) mass is 416 g/mol. The zero-order valence-corrected chi connectivity index (χ0v) is 13.7. The Morgan fingerprint density at radius 3 is 2.54 bits per heavy atom. The molecular formula is C14H10F6N2O6. The number of halogens is 6. The van der Waals surface area contributed by atoms with Crippen LogP contribution in [0.2, 0.25) is 0 Å². The molecule has 0 radical (unpaired) electrons. The van der Waals surface area contributed by atoms with Gasteiger partial charge in [-0.2, -0.15) is 13.2 Å². The summed E-state index contributed by atoms with van der Waals surface area (Å²) in [7, 11) is 0. The highest BCUT2D eigenvalue weighted by molar-refractivity contribution is 5.96. The molecule has 1 aromatic carbocycles. The molecule has 1 aliphatic rings. The number of hydrogen-bond acceptors (Lipinski definition) is 7. The zero-order valence-electron chi connectivity index (χ0n) is 13.7. The number of carbonyl (C=O) groups is 1. The summed E-state index contributed by atoms with van der Waals surface area (Å²) in [5.74, 6) is -2.64. The van der Waals surface area contributed by atoms with Crippen molar-refractivity contribution in [3.63, 3.8) is 0 Å². The third-order valence-corrected chi connectivity index (χ3v) is 3.22. The quantitative estimate of drug-likeness (QED) is 0.197. The van der Waals surface area contributed by atoms with Crippen LogP contribution in [0.1, 0.15) is 11.1 Å². The normalized spacial score (nSPS) is 16.8. The fourth-order valence-corrected chi connectivity index (χ4v) is 2.28. The fraction of sp³-hybridized carbons (Fsp3) is 0.357. The minimum atomic E-state index is -5.04. The average Bonchev–Trinajstić information content (AvgIpc) is 2.55. The second-order valence-electron chi connectivity index (χ2n) is 5.21. The molecule has 8 nitrogen and oxygen atoms in total. The summed E-state index contributed by atoms with van der Waals surface area (Å²) in [6, 6.07) is 1.59. The van der Waals surface area contributed by atoms with Gasteiger partial charge in [0.05, 0.1) is 5.57 Å². The highest BCUT2D eigenvalue weighted by atomic mass is 19.4. The van der Waals surface area contributed by atoms with Crippen LogP contribution in [0, 0.1) is 12.1 Å². The molecule has 2 rings (SSSR count). The molecule has 1 atom stereocenters. The second kappa shape index (κ2) is 7.82. The zero-order chi connectivity index (χ0) is 21.1. The number of nitrogens with zero attached hydrogens (tertiary/aromatic N) is 1. The lowest BCUT2D eigenvalue weighted by Gasteiger charge is -2.29. The van der Waals surface area contributed by atoms with Crippen molar-refractivity contribution in [2.75, 3.05) is 6.79 Å². The van der Waals surface area contributed by atoms with E-state index in [9.17, 15) is 36.3 Å². The van der Waals surface area contributed by atoms with Gasteiger partial charge in [0.15, 0.2) is 0 Å². The minimum Gasteiger partial charge on any atom is -0.599 e. The molecule has 0 unspecified atom stereocenters. The van der Waals surface area contributed by atoms with Gasteiger partial charge in [-0.05, 0) is 30.7 Å². The van der Waals surface area contributed by atoms with Crippen LogP contribution in [-0.2, 0) is 14.4 Å². The summed E-state index contributed by atoms with van der Waals surface area (Å²) < 4.78 is 89.9. The van der Waals surface area contributed by atoms with E-state index in [4.69, 9.17) is 4.74 Å². The third-order valence-electron chi connectivity index (χ3n) is 3.22. The lowest BCUT2D eigenvalue weighted by atomic mass is 9.99. The van der Waals surface area contributed by atoms with Crippen LogP contribution in [0.5, 0.6) is 11.5 Å². The maximum atomic E-state index is 13.3. The van der Waals surface area contributed by atoms with E-state index in [0.29, 0.717) is 6.08 Å². The summed E-state index contributed by atoms with van der Waals surface area (Å²) in [5.41, 5.74) is -1.40. The molecule has 0 saturated carbocycles. The number of alkyl halides is 6. The van der Waals surface area contributed by atoms with Gasteiger partial charge in [-0.1, -0.05) is 5.28 Å². The lowest BCUT2D eigenvalue weighted by Crippen LogP contribution is -2.56. The number of nitrogens with one attached hydrogen (secondary N) is 1. The van der Waals surface area contributed by atoms with Gasteiger partial charge in [0.2, 0.25) is 11.4 Å². The molecule has 1 N–H and O–H groups in total. The van der Waals surface area contributed by atoms with E-state index in [1.807, 2.05) is 0 Å². The van der Waals surface area contributed by atoms with Crippen LogP contribution in [0.4, 0.5) is 26.3 Å². The number of rotatable bonds is 5. The number of esters is 1. The van der Waals surface area contributed by atoms with E-state index in [1.165, 1.54) is 6.92 Å². The van der Waals surface area contributed by atoms with Gasteiger partial charge in [0.25, 0.3) is 6.79 Å². The Labute approximate surface area is 151 Å². The Morgan fingerprint density at radius 2 is 1.96 bits per heavy atom. The van der Waals surface area contributed by atoms with Crippen molar-refractivity contribution >= 4 is 12.0 Å². The number of fused-ring (bicyclic) bond motifs is 1. The molecule has 0 aliphatic carbocycles. The van der Waals surface area contributed by atoms with Crippen LogP contribution in [0.25, 0.3) is 6.08 Å². The molecule has 1 aromatic rings. The first kappa shape index (κ1) is 21.1. The van der Waals surface area contributed by atoms with Gasteiger partial charge >= 0.3 is 18.5 Å². The van der Waals surface area contributed by atoms with E-state index >= 15 is 0 Å². The first-order valence-corrected chi connectivity index (χ1v) is 7.14. The van der Waals surface area contributed by atoms with Crippen LogP contribution < -0.4 is 14.8 Å². The topological polar surface area (TPSA) is 103 Å². The SMILES string of the molecule is Cc1cc(OC(F)(F)F)cc2c1O[C@H](C(F)(F)F)C(C(=O)OCO/N=[NH+]\[O-])=C2. The largest absolute Gasteiger partial charge is 0.599 e. The Morgan fingerprint density at radius 1 is 1.29 bits per heavy atom. The first-order valence-electron chi connectivity index (χ1n) is 7.14. The summed E-state index contributed by atoms with van der Waals surface area (Å²) in [5, 5.41) is 13.3. The molecule has 154 valence electrons. The number of carbonyl (C=O) groups excluding carboxylic acids is 1. The van der Waals surface area contributed by atoms with Crippen molar-refractivity contribution in [3.8, 4) is 11.5 Å². The summed E-state index contributed by atoms with van der Waals surface area (Å²) in [6.45, 7) is 0.205. The van der Waals surface area contributed by atoms with Crippen molar-refractivity contribution in [1.82, 2.24) is 0 Å². The van der Waals surface area contributed by atoms with E-state index in [2.05, 4.69) is 19.6 Å². The Bertz CT molecular complexity index is 805. The average molecular weight is 416 g/mol. The van der Waals surface area contributed by atoms with Gasteiger partial charge in [-0.25, -0.2) is 4.79 Å². The summed E-state index contributed by atoms with van der Waals surface area (Å²) >= 11 is 0. The first-order chi connectivity index (χ1) is 12.9. The summed E-state index contributed by atoms with van der Waals surface area (Å²) in [6.07, 6.45) is -12.2. The number of benzene rings is 1.